The summed E-state index contributed by atoms with van der Waals surface area (Å²) in [7, 11) is 0. The molecule has 1 aromatic carbocycles. The van der Waals surface area contributed by atoms with E-state index in [0.29, 0.717) is 11.6 Å². The van der Waals surface area contributed by atoms with E-state index in [2.05, 4.69) is 5.32 Å². The molecule has 1 unspecified atom stereocenters. The Kier molecular flexibility index (Phi) is 4.05. The fourth-order valence-corrected chi connectivity index (χ4v) is 1.36. The summed E-state index contributed by atoms with van der Waals surface area (Å²) in [6, 6.07) is 6.65. The molecule has 0 radical (unpaired) electrons. The fourth-order valence-electron chi connectivity index (χ4n) is 1.36. The van der Waals surface area contributed by atoms with Crippen molar-refractivity contribution in [3.8, 4) is 6.07 Å². The van der Waals surface area contributed by atoms with Gasteiger partial charge in [0.05, 0.1) is 4.92 Å². The first kappa shape index (κ1) is 13.0. The van der Waals surface area contributed by atoms with Crippen molar-refractivity contribution < 1.29 is 4.92 Å². The molecule has 1 rings (SSSR count). The van der Waals surface area contributed by atoms with Crippen molar-refractivity contribution in [2.75, 3.05) is 5.32 Å². The molecule has 0 aliphatic rings. The van der Waals surface area contributed by atoms with Crippen LogP contribution < -0.4 is 5.32 Å². The largest absolute Gasteiger partial charge is 0.377 e. The zero-order valence-corrected chi connectivity index (χ0v) is 10.1. The molecule has 1 atom stereocenters. The number of hydrogen-bond acceptors (Lipinski definition) is 4. The lowest BCUT2D eigenvalue weighted by Gasteiger charge is -2.18. The fraction of sp³-hybridized carbons (Fsp3) is 0.417. The number of hydrogen-bond donors (Lipinski definition) is 1. The van der Waals surface area contributed by atoms with Crippen molar-refractivity contribution in [1.82, 2.24) is 0 Å². The minimum Gasteiger partial charge on any atom is -0.377 e. The maximum Gasteiger partial charge on any atom is 0.309 e. The molecule has 0 aliphatic heterocycles. The summed E-state index contributed by atoms with van der Waals surface area (Å²) in [4.78, 5) is 10.4. The van der Waals surface area contributed by atoms with Gasteiger partial charge in [0, 0.05) is 6.04 Å². The Balaban J connectivity index is 3.16. The van der Waals surface area contributed by atoms with Crippen molar-refractivity contribution in [3.05, 3.63) is 33.9 Å². The average molecular weight is 233 g/mol. The van der Waals surface area contributed by atoms with E-state index in [1.54, 1.807) is 12.1 Å². The highest BCUT2D eigenvalue weighted by atomic mass is 16.6. The van der Waals surface area contributed by atoms with Crippen LogP contribution in [0.3, 0.4) is 0 Å². The normalized spacial score (nSPS) is 11.9. The molecule has 0 bridgehead atoms. The van der Waals surface area contributed by atoms with Crippen LogP contribution >= 0.6 is 0 Å². The van der Waals surface area contributed by atoms with Crippen LogP contribution in [-0.4, -0.2) is 11.0 Å². The standard InChI is InChI=1S/C12H15N3O2/c1-8(2)9(3)14-11-6-4-5-10(7-13)12(11)15(16)17/h4-6,8-9,14H,1-3H3. The molecule has 0 aliphatic carbocycles. The van der Waals surface area contributed by atoms with E-state index in [-0.39, 0.29) is 17.3 Å². The van der Waals surface area contributed by atoms with E-state index in [1.165, 1.54) is 6.07 Å². The first-order valence-electron chi connectivity index (χ1n) is 5.41. The van der Waals surface area contributed by atoms with E-state index >= 15 is 0 Å². The zero-order chi connectivity index (χ0) is 13.0. The van der Waals surface area contributed by atoms with Gasteiger partial charge in [-0.25, -0.2) is 0 Å². The minimum absolute atomic E-state index is 0.0796. The van der Waals surface area contributed by atoms with Crippen LogP contribution in [0, 0.1) is 27.4 Å². The number of benzene rings is 1. The van der Waals surface area contributed by atoms with E-state index in [4.69, 9.17) is 5.26 Å². The Morgan fingerprint density at radius 1 is 1.41 bits per heavy atom. The van der Waals surface area contributed by atoms with Crippen molar-refractivity contribution in [2.45, 2.75) is 26.8 Å². The van der Waals surface area contributed by atoms with Crippen molar-refractivity contribution in [2.24, 2.45) is 5.92 Å². The van der Waals surface area contributed by atoms with Gasteiger partial charge >= 0.3 is 5.69 Å². The molecule has 5 heteroatoms. The predicted octanol–water partition coefficient (Wildman–Crippen LogP) is 2.92. The average Bonchev–Trinajstić information content (AvgIpc) is 2.27. The number of nitro groups is 1. The Hall–Kier alpha value is -2.09. The Morgan fingerprint density at radius 2 is 2.06 bits per heavy atom. The number of nitro benzene ring substituents is 1. The van der Waals surface area contributed by atoms with Crippen molar-refractivity contribution in [3.63, 3.8) is 0 Å². The first-order chi connectivity index (χ1) is 7.97. The summed E-state index contributed by atoms with van der Waals surface area (Å²) in [6.45, 7) is 6.00. The minimum atomic E-state index is -0.520. The third-order valence-electron chi connectivity index (χ3n) is 2.72. The zero-order valence-electron chi connectivity index (χ0n) is 10.1. The number of nitriles is 1. The van der Waals surface area contributed by atoms with Crippen LogP contribution in [0.1, 0.15) is 26.3 Å². The third kappa shape index (κ3) is 2.94. The molecular weight excluding hydrogens is 218 g/mol. The number of rotatable bonds is 4. The van der Waals surface area contributed by atoms with Crippen LogP contribution in [0.15, 0.2) is 18.2 Å². The Bertz CT molecular complexity index is 463. The lowest BCUT2D eigenvalue weighted by Crippen LogP contribution is -2.22. The van der Waals surface area contributed by atoms with Gasteiger partial charge in [-0.05, 0) is 25.0 Å². The summed E-state index contributed by atoms with van der Waals surface area (Å²) in [5.41, 5.74) is 0.328. The smallest absolute Gasteiger partial charge is 0.309 e. The summed E-state index contributed by atoms with van der Waals surface area (Å²) in [5.74, 6) is 0.348. The molecule has 0 heterocycles. The Labute approximate surface area is 100 Å². The lowest BCUT2D eigenvalue weighted by molar-refractivity contribution is -0.384. The molecule has 90 valence electrons. The molecule has 0 saturated carbocycles. The maximum atomic E-state index is 11.0. The van der Waals surface area contributed by atoms with Gasteiger partial charge in [-0.2, -0.15) is 5.26 Å². The van der Waals surface area contributed by atoms with Gasteiger partial charge in [0.1, 0.15) is 17.3 Å². The molecular formula is C12H15N3O2. The molecule has 0 fully saturated rings. The second-order valence-electron chi connectivity index (χ2n) is 4.25. The van der Waals surface area contributed by atoms with E-state index in [9.17, 15) is 10.1 Å². The van der Waals surface area contributed by atoms with Gasteiger partial charge in [0.15, 0.2) is 0 Å². The van der Waals surface area contributed by atoms with Crippen molar-refractivity contribution >= 4 is 11.4 Å². The predicted molar refractivity (Wildman–Crippen MR) is 65.7 cm³/mol. The summed E-state index contributed by atoms with van der Waals surface area (Å²) in [6.07, 6.45) is 0. The van der Waals surface area contributed by atoms with E-state index in [0.717, 1.165) is 0 Å². The van der Waals surface area contributed by atoms with Gasteiger partial charge in [0.2, 0.25) is 0 Å². The third-order valence-corrected chi connectivity index (χ3v) is 2.72. The Morgan fingerprint density at radius 3 is 2.53 bits per heavy atom. The number of nitrogens with zero attached hydrogens (tertiary/aromatic N) is 2. The number of anilines is 1. The number of nitrogens with one attached hydrogen (secondary N) is 1. The molecule has 0 spiro atoms. The summed E-state index contributed by atoms with van der Waals surface area (Å²) >= 11 is 0. The van der Waals surface area contributed by atoms with Gasteiger partial charge in [0.25, 0.3) is 0 Å². The van der Waals surface area contributed by atoms with Crippen LogP contribution in [0.5, 0.6) is 0 Å². The van der Waals surface area contributed by atoms with Gasteiger partial charge in [-0.1, -0.05) is 19.9 Å². The molecule has 1 aromatic rings. The molecule has 1 N–H and O–H groups in total. The van der Waals surface area contributed by atoms with Crippen molar-refractivity contribution in [1.29, 1.82) is 5.26 Å². The molecule has 17 heavy (non-hydrogen) atoms. The monoisotopic (exact) mass is 233 g/mol. The highest BCUT2D eigenvalue weighted by Gasteiger charge is 2.21. The van der Waals surface area contributed by atoms with Crippen LogP contribution in [0.4, 0.5) is 11.4 Å². The molecule has 5 nitrogen and oxygen atoms in total. The first-order valence-corrected chi connectivity index (χ1v) is 5.41. The molecule has 0 amide bonds. The summed E-state index contributed by atoms with van der Waals surface area (Å²) in [5, 5.41) is 22.9. The van der Waals surface area contributed by atoms with Gasteiger partial charge in [-0.3, -0.25) is 10.1 Å². The second kappa shape index (κ2) is 5.30. The topological polar surface area (TPSA) is 79.0 Å². The molecule has 0 aromatic heterocycles. The number of para-hydroxylation sites is 1. The van der Waals surface area contributed by atoms with Crippen LogP contribution in [0.25, 0.3) is 0 Å². The van der Waals surface area contributed by atoms with Crippen LogP contribution in [0.2, 0.25) is 0 Å². The van der Waals surface area contributed by atoms with Gasteiger partial charge in [-0.15, -0.1) is 0 Å². The van der Waals surface area contributed by atoms with Gasteiger partial charge < -0.3 is 5.32 Å². The molecule has 0 saturated heterocycles. The highest BCUT2D eigenvalue weighted by molar-refractivity contribution is 5.68. The maximum absolute atomic E-state index is 11.0. The SMILES string of the molecule is CC(C)C(C)Nc1cccc(C#N)c1[N+](=O)[O-]. The van der Waals surface area contributed by atoms with E-state index < -0.39 is 4.92 Å². The quantitative estimate of drug-likeness (QED) is 0.640. The second-order valence-corrected chi connectivity index (χ2v) is 4.25. The lowest BCUT2D eigenvalue weighted by atomic mass is 10.1. The van der Waals surface area contributed by atoms with Crippen LogP contribution in [-0.2, 0) is 0 Å². The summed E-state index contributed by atoms with van der Waals surface area (Å²) < 4.78 is 0. The van der Waals surface area contributed by atoms with E-state index in [1.807, 2.05) is 26.8 Å². The highest BCUT2D eigenvalue weighted by Crippen LogP contribution is 2.29.